The Morgan fingerprint density at radius 1 is 0.838 bits per heavy atom. The Hall–Kier alpha value is -4.04. The number of hydrogen-bond acceptors (Lipinski definition) is 6. The van der Waals surface area contributed by atoms with E-state index in [0.717, 1.165) is 15.6 Å². The maximum atomic E-state index is 13.6. The van der Waals surface area contributed by atoms with Crippen molar-refractivity contribution < 1.29 is 23.9 Å². The zero-order valence-electron chi connectivity index (χ0n) is 20.6. The van der Waals surface area contributed by atoms with Gasteiger partial charge in [-0.25, -0.2) is 14.6 Å². The summed E-state index contributed by atoms with van der Waals surface area (Å²) < 4.78 is 11.0. The Morgan fingerprint density at radius 3 is 2.05 bits per heavy atom. The molecule has 4 aromatic rings. The molecule has 0 spiro atoms. The molecule has 0 aliphatic rings. The van der Waals surface area contributed by atoms with Crippen LogP contribution in [0.15, 0.2) is 71.2 Å². The van der Waals surface area contributed by atoms with Crippen molar-refractivity contribution in [2.75, 3.05) is 18.5 Å². The Balaban J connectivity index is 1.78. The molecule has 4 rings (SSSR count). The van der Waals surface area contributed by atoms with Crippen LogP contribution in [0.25, 0.3) is 22.2 Å². The number of nitrogens with one attached hydrogen (secondary N) is 1. The van der Waals surface area contributed by atoms with Gasteiger partial charge in [0, 0.05) is 21.1 Å². The van der Waals surface area contributed by atoms with E-state index in [-0.39, 0.29) is 30.0 Å². The maximum absolute atomic E-state index is 13.6. The fraction of sp³-hybridized carbons (Fsp3) is 0.172. The molecule has 1 heterocycles. The number of hydrogen-bond donors (Lipinski definition) is 1. The molecule has 0 aliphatic heterocycles. The summed E-state index contributed by atoms with van der Waals surface area (Å²) >= 11 is 3.47. The molecular weight excluding hydrogens is 536 g/mol. The highest BCUT2D eigenvalue weighted by Gasteiger charge is 2.19. The van der Waals surface area contributed by atoms with E-state index < -0.39 is 17.8 Å². The van der Waals surface area contributed by atoms with Crippen LogP contribution in [0.4, 0.5) is 5.69 Å². The van der Waals surface area contributed by atoms with Crippen LogP contribution in [-0.2, 0) is 9.47 Å². The largest absolute Gasteiger partial charge is 0.462 e. The van der Waals surface area contributed by atoms with Crippen LogP contribution < -0.4 is 5.32 Å². The molecule has 0 fully saturated rings. The number of benzene rings is 3. The first-order valence-corrected chi connectivity index (χ1v) is 12.6. The molecule has 8 heteroatoms. The highest BCUT2D eigenvalue weighted by Crippen LogP contribution is 2.28. The van der Waals surface area contributed by atoms with Crippen molar-refractivity contribution in [2.24, 2.45) is 0 Å². The van der Waals surface area contributed by atoms with E-state index >= 15 is 0 Å². The number of anilines is 1. The number of carbonyl (C=O) groups excluding carboxylic acids is 3. The van der Waals surface area contributed by atoms with E-state index in [2.05, 4.69) is 21.2 Å². The van der Waals surface area contributed by atoms with Gasteiger partial charge in [-0.15, -0.1) is 0 Å². The minimum absolute atomic E-state index is 0.130. The first-order chi connectivity index (χ1) is 17.8. The molecule has 1 aromatic heterocycles. The van der Waals surface area contributed by atoms with E-state index in [1.165, 1.54) is 18.2 Å². The Bertz CT molecular complexity index is 1460. The van der Waals surface area contributed by atoms with Crippen LogP contribution in [0.1, 0.15) is 50.5 Å². The van der Waals surface area contributed by atoms with Gasteiger partial charge >= 0.3 is 11.9 Å². The number of halogens is 1. The second kappa shape index (κ2) is 11.3. The molecule has 0 atom stereocenters. The highest BCUT2D eigenvalue weighted by molar-refractivity contribution is 9.10. The number of amides is 1. The van der Waals surface area contributed by atoms with Crippen LogP contribution in [0.3, 0.4) is 0 Å². The summed E-state index contributed by atoms with van der Waals surface area (Å²) in [6.07, 6.45) is 0. The van der Waals surface area contributed by atoms with Gasteiger partial charge in [-0.3, -0.25) is 4.79 Å². The summed E-state index contributed by atoms with van der Waals surface area (Å²) in [6, 6.07) is 19.5. The average molecular weight is 561 g/mol. The summed E-state index contributed by atoms with van der Waals surface area (Å²) in [5.41, 5.74) is 4.20. The van der Waals surface area contributed by atoms with Crippen LogP contribution >= 0.6 is 15.9 Å². The molecule has 0 saturated carbocycles. The lowest BCUT2D eigenvalue weighted by molar-refractivity contribution is 0.0525. The van der Waals surface area contributed by atoms with Crippen molar-refractivity contribution in [3.63, 3.8) is 0 Å². The van der Waals surface area contributed by atoms with E-state index in [4.69, 9.17) is 14.5 Å². The van der Waals surface area contributed by atoms with E-state index in [1.807, 2.05) is 49.4 Å². The SMILES string of the molecule is CCOC(=O)c1cc(NC(=O)c2cc(-c3ccc(C)cc3)nc3ccc(Br)cc23)cc(C(=O)OCC)c1. The Kier molecular flexibility index (Phi) is 7.98. The van der Waals surface area contributed by atoms with Gasteiger partial charge in [0.05, 0.1) is 41.1 Å². The minimum Gasteiger partial charge on any atom is -0.462 e. The molecule has 0 unspecified atom stereocenters. The van der Waals surface area contributed by atoms with Gasteiger partial charge < -0.3 is 14.8 Å². The molecule has 1 amide bonds. The van der Waals surface area contributed by atoms with Gasteiger partial charge in [0.15, 0.2) is 0 Å². The Labute approximate surface area is 222 Å². The molecule has 0 bridgehead atoms. The van der Waals surface area contributed by atoms with Crippen molar-refractivity contribution >= 4 is 50.4 Å². The second-order valence-electron chi connectivity index (χ2n) is 8.28. The van der Waals surface area contributed by atoms with Crippen molar-refractivity contribution in [1.29, 1.82) is 0 Å². The van der Waals surface area contributed by atoms with Crippen LogP contribution in [0.5, 0.6) is 0 Å². The number of esters is 2. The predicted molar refractivity (Wildman–Crippen MR) is 146 cm³/mol. The van der Waals surface area contributed by atoms with Gasteiger partial charge in [0.2, 0.25) is 0 Å². The topological polar surface area (TPSA) is 94.6 Å². The molecule has 0 aliphatic carbocycles. The number of carbonyl (C=O) groups is 3. The first kappa shape index (κ1) is 26.0. The van der Waals surface area contributed by atoms with Crippen LogP contribution in [-0.4, -0.2) is 36.0 Å². The lowest BCUT2D eigenvalue weighted by atomic mass is 10.0. The molecule has 188 valence electrons. The fourth-order valence-corrected chi connectivity index (χ4v) is 4.18. The zero-order chi connectivity index (χ0) is 26.5. The third-order valence-corrected chi connectivity index (χ3v) is 6.07. The molecule has 37 heavy (non-hydrogen) atoms. The monoisotopic (exact) mass is 560 g/mol. The number of fused-ring (bicyclic) bond motifs is 1. The van der Waals surface area contributed by atoms with Crippen molar-refractivity contribution in [2.45, 2.75) is 20.8 Å². The van der Waals surface area contributed by atoms with Gasteiger partial charge in [0.1, 0.15) is 0 Å². The average Bonchev–Trinajstić information content (AvgIpc) is 2.88. The van der Waals surface area contributed by atoms with E-state index in [1.54, 1.807) is 19.9 Å². The third-order valence-electron chi connectivity index (χ3n) is 5.58. The van der Waals surface area contributed by atoms with Gasteiger partial charge in [-0.2, -0.15) is 0 Å². The summed E-state index contributed by atoms with van der Waals surface area (Å²) in [5, 5.41) is 3.48. The lowest BCUT2D eigenvalue weighted by Crippen LogP contribution is -2.15. The smallest absolute Gasteiger partial charge is 0.338 e. The summed E-state index contributed by atoms with van der Waals surface area (Å²) in [6.45, 7) is 5.72. The normalized spacial score (nSPS) is 10.7. The van der Waals surface area contributed by atoms with Gasteiger partial charge in [0.25, 0.3) is 5.91 Å². The molecule has 7 nitrogen and oxygen atoms in total. The number of aromatic nitrogens is 1. The van der Waals surface area contributed by atoms with Gasteiger partial charge in [-0.1, -0.05) is 45.8 Å². The maximum Gasteiger partial charge on any atom is 0.338 e. The number of ether oxygens (including phenoxy) is 2. The third kappa shape index (κ3) is 6.03. The van der Waals surface area contributed by atoms with Crippen LogP contribution in [0.2, 0.25) is 0 Å². The number of pyridine rings is 1. The number of nitrogens with zero attached hydrogens (tertiary/aromatic N) is 1. The van der Waals surface area contributed by atoms with E-state index in [0.29, 0.717) is 22.2 Å². The quantitative estimate of drug-likeness (QED) is 0.256. The van der Waals surface area contributed by atoms with Crippen molar-refractivity contribution in [1.82, 2.24) is 4.98 Å². The summed E-state index contributed by atoms with van der Waals surface area (Å²) in [5.74, 6) is -1.64. The van der Waals surface area contributed by atoms with Crippen molar-refractivity contribution in [3.8, 4) is 11.3 Å². The Morgan fingerprint density at radius 2 is 1.46 bits per heavy atom. The predicted octanol–water partition coefficient (Wildman–Crippen LogP) is 6.58. The van der Waals surface area contributed by atoms with Crippen LogP contribution in [0, 0.1) is 6.92 Å². The highest BCUT2D eigenvalue weighted by atomic mass is 79.9. The van der Waals surface area contributed by atoms with Crippen molar-refractivity contribution in [3.05, 3.63) is 93.5 Å². The summed E-state index contributed by atoms with van der Waals surface area (Å²) in [4.78, 5) is 43.2. The van der Waals surface area contributed by atoms with E-state index in [9.17, 15) is 14.4 Å². The molecule has 1 N–H and O–H groups in total. The lowest BCUT2D eigenvalue weighted by Gasteiger charge is -2.13. The number of rotatable bonds is 7. The summed E-state index contributed by atoms with van der Waals surface area (Å²) in [7, 11) is 0. The van der Waals surface area contributed by atoms with Gasteiger partial charge in [-0.05, 0) is 63.2 Å². The fourth-order valence-electron chi connectivity index (χ4n) is 3.82. The standard InChI is InChI=1S/C29H25BrN2O5/c1-4-36-28(34)19-12-20(29(35)37-5-2)14-22(13-19)31-27(33)24-16-26(18-8-6-17(3)7-9-18)32-25-11-10-21(30)15-23(24)25/h6-16H,4-5H2,1-3H3,(H,31,33). The molecule has 0 saturated heterocycles. The molecular formula is C29H25BrN2O5. The second-order valence-corrected chi connectivity index (χ2v) is 9.19. The number of aryl methyl sites for hydroxylation is 1. The first-order valence-electron chi connectivity index (χ1n) is 11.8. The minimum atomic E-state index is -0.607. The molecule has 3 aromatic carbocycles. The zero-order valence-corrected chi connectivity index (χ0v) is 22.2. The molecule has 0 radical (unpaired) electrons.